The molecular formula is C15H27N5O. The van der Waals surface area contributed by atoms with Crippen LogP contribution in [0.3, 0.4) is 0 Å². The first-order chi connectivity index (χ1) is 10.1. The number of carbonyl (C=O) groups is 1. The number of likely N-dealkylation sites (tertiary alicyclic amines) is 1. The molecule has 2 rings (SSSR count). The minimum atomic E-state index is -0.0912. The molecule has 3 atom stereocenters. The van der Waals surface area contributed by atoms with Crippen LogP contribution in [0.25, 0.3) is 0 Å². The molecule has 6 nitrogen and oxygen atoms in total. The summed E-state index contributed by atoms with van der Waals surface area (Å²) in [5.41, 5.74) is 7.48. The molecule has 1 fully saturated rings. The van der Waals surface area contributed by atoms with Crippen LogP contribution in [0.2, 0.25) is 0 Å². The standard InChI is InChI=1S/C15H27N5O/c1-4-12(16)14(11-9-18-19(3)10-11)20-8-6-5-7-13(20)15(21)17-2/h9-10,12-14H,4-8,16H2,1-3H3,(H,17,21). The van der Waals surface area contributed by atoms with Crippen LogP contribution < -0.4 is 11.1 Å². The molecule has 1 aliphatic rings. The Labute approximate surface area is 126 Å². The minimum Gasteiger partial charge on any atom is -0.358 e. The first-order valence-electron chi connectivity index (χ1n) is 7.80. The Hall–Kier alpha value is -1.40. The van der Waals surface area contributed by atoms with Crippen LogP contribution in [0.4, 0.5) is 0 Å². The number of aromatic nitrogens is 2. The molecule has 0 aromatic carbocycles. The molecule has 1 saturated heterocycles. The summed E-state index contributed by atoms with van der Waals surface area (Å²) in [6.45, 7) is 3.00. The first kappa shape index (κ1) is 16.0. The number of carbonyl (C=O) groups excluding carboxylic acids is 1. The van der Waals surface area contributed by atoms with Gasteiger partial charge in [0.25, 0.3) is 0 Å². The second kappa shape index (κ2) is 7.04. The molecule has 2 heterocycles. The van der Waals surface area contributed by atoms with Crippen LogP contribution in [0.5, 0.6) is 0 Å². The number of amides is 1. The predicted molar refractivity (Wildman–Crippen MR) is 82.6 cm³/mol. The highest BCUT2D eigenvalue weighted by Crippen LogP contribution is 2.31. The minimum absolute atomic E-state index is 0.000504. The molecule has 1 aromatic rings. The van der Waals surface area contributed by atoms with Crippen LogP contribution in [-0.4, -0.2) is 46.3 Å². The summed E-state index contributed by atoms with van der Waals surface area (Å²) >= 11 is 0. The predicted octanol–water partition coefficient (Wildman–Crippen LogP) is 0.799. The fourth-order valence-electron chi connectivity index (χ4n) is 3.24. The van der Waals surface area contributed by atoms with Crippen LogP contribution in [0, 0.1) is 0 Å². The van der Waals surface area contributed by atoms with Crippen molar-refractivity contribution >= 4 is 5.91 Å². The zero-order valence-electron chi connectivity index (χ0n) is 13.2. The molecule has 1 aliphatic heterocycles. The normalized spacial score (nSPS) is 22.8. The molecule has 21 heavy (non-hydrogen) atoms. The molecule has 3 unspecified atom stereocenters. The van der Waals surface area contributed by atoms with Crippen molar-refractivity contribution in [1.82, 2.24) is 20.0 Å². The Morgan fingerprint density at radius 2 is 2.33 bits per heavy atom. The number of likely N-dealkylation sites (N-methyl/N-ethyl adjacent to an activating group) is 1. The van der Waals surface area contributed by atoms with Crippen LogP contribution in [-0.2, 0) is 11.8 Å². The van der Waals surface area contributed by atoms with E-state index in [1.807, 2.05) is 19.4 Å². The number of hydrogen-bond donors (Lipinski definition) is 2. The number of nitrogens with zero attached hydrogens (tertiary/aromatic N) is 3. The van der Waals surface area contributed by atoms with Gasteiger partial charge in [-0.1, -0.05) is 13.3 Å². The van der Waals surface area contributed by atoms with E-state index in [2.05, 4.69) is 22.2 Å². The van der Waals surface area contributed by atoms with E-state index >= 15 is 0 Å². The zero-order chi connectivity index (χ0) is 15.4. The smallest absolute Gasteiger partial charge is 0.237 e. The molecule has 0 radical (unpaired) electrons. The Morgan fingerprint density at radius 3 is 2.90 bits per heavy atom. The molecule has 0 saturated carbocycles. The van der Waals surface area contributed by atoms with Crippen molar-refractivity contribution in [3.63, 3.8) is 0 Å². The maximum absolute atomic E-state index is 12.2. The summed E-state index contributed by atoms with van der Waals surface area (Å²) in [7, 11) is 3.61. The summed E-state index contributed by atoms with van der Waals surface area (Å²) in [5, 5.41) is 7.06. The topological polar surface area (TPSA) is 76.2 Å². The fraction of sp³-hybridized carbons (Fsp3) is 0.733. The quantitative estimate of drug-likeness (QED) is 0.842. The van der Waals surface area contributed by atoms with Gasteiger partial charge in [0, 0.05) is 31.9 Å². The number of aryl methyl sites for hydroxylation is 1. The van der Waals surface area contributed by atoms with Gasteiger partial charge in [0.1, 0.15) is 0 Å². The van der Waals surface area contributed by atoms with Gasteiger partial charge in [0.05, 0.1) is 18.3 Å². The molecule has 3 N–H and O–H groups in total. The maximum atomic E-state index is 12.2. The van der Waals surface area contributed by atoms with E-state index in [-0.39, 0.29) is 24.0 Å². The summed E-state index contributed by atoms with van der Waals surface area (Å²) in [5.74, 6) is 0.0897. The molecule has 1 aromatic heterocycles. The lowest BCUT2D eigenvalue weighted by Crippen LogP contribution is -2.53. The van der Waals surface area contributed by atoms with Gasteiger partial charge in [-0.15, -0.1) is 0 Å². The highest BCUT2D eigenvalue weighted by Gasteiger charge is 2.36. The van der Waals surface area contributed by atoms with Crippen LogP contribution in [0.15, 0.2) is 12.4 Å². The Bertz CT molecular complexity index is 472. The monoisotopic (exact) mass is 293 g/mol. The number of hydrogen-bond acceptors (Lipinski definition) is 4. The van der Waals surface area contributed by atoms with E-state index in [9.17, 15) is 4.79 Å². The Kier molecular flexibility index (Phi) is 5.36. The van der Waals surface area contributed by atoms with Gasteiger partial charge in [0.2, 0.25) is 5.91 Å². The third kappa shape index (κ3) is 3.44. The Balaban J connectivity index is 2.31. The number of piperidine rings is 1. The highest BCUT2D eigenvalue weighted by atomic mass is 16.2. The second-order valence-electron chi connectivity index (χ2n) is 5.83. The summed E-state index contributed by atoms with van der Waals surface area (Å²) < 4.78 is 1.80. The fourth-order valence-corrected chi connectivity index (χ4v) is 3.24. The van der Waals surface area contributed by atoms with Gasteiger partial charge in [-0.3, -0.25) is 14.4 Å². The molecule has 6 heteroatoms. The second-order valence-corrected chi connectivity index (χ2v) is 5.83. The van der Waals surface area contributed by atoms with E-state index in [0.29, 0.717) is 0 Å². The van der Waals surface area contributed by atoms with Crippen LogP contribution in [0.1, 0.15) is 44.2 Å². The largest absolute Gasteiger partial charge is 0.358 e. The lowest BCUT2D eigenvalue weighted by Gasteiger charge is -2.42. The highest BCUT2D eigenvalue weighted by molar-refractivity contribution is 5.81. The molecule has 118 valence electrons. The average molecular weight is 293 g/mol. The van der Waals surface area contributed by atoms with Gasteiger partial charge < -0.3 is 11.1 Å². The van der Waals surface area contributed by atoms with E-state index < -0.39 is 0 Å². The molecular weight excluding hydrogens is 266 g/mol. The average Bonchev–Trinajstić information content (AvgIpc) is 2.93. The molecule has 0 bridgehead atoms. The Morgan fingerprint density at radius 1 is 1.57 bits per heavy atom. The van der Waals surface area contributed by atoms with Gasteiger partial charge in [0.15, 0.2) is 0 Å². The van der Waals surface area contributed by atoms with Gasteiger partial charge in [-0.25, -0.2) is 0 Å². The van der Waals surface area contributed by atoms with Crippen molar-refractivity contribution in [2.45, 2.75) is 50.7 Å². The third-order valence-corrected chi connectivity index (χ3v) is 4.39. The van der Waals surface area contributed by atoms with E-state index in [1.165, 1.54) is 0 Å². The van der Waals surface area contributed by atoms with Crippen molar-refractivity contribution in [3.8, 4) is 0 Å². The number of nitrogens with one attached hydrogen (secondary N) is 1. The molecule has 0 aliphatic carbocycles. The summed E-state index contributed by atoms with van der Waals surface area (Å²) in [4.78, 5) is 14.5. The van der Waals surface area contributed by atoms with Gasteiger partial charge in [-0.2, -0.15) is 5.10 Å². The van der Waals surface area contributed by atoms with E-state index in [4.69, 9.17) is 5.73 Å². The van der Waals surface area contributed by atoms with E-state index in [0.717, 1.165) is 37.8 Å². The van der Waals surface area contributed by atoms with Gasteiger partial charge in [-0.05, 0) is 25.8 Å². The van der Waals surface area contributed by atoms with Crippen molar-refractivity contribution in [1.29, 1.82) is 0 Å². The van der Waals surface area contributed by atoms with Crippen molar-refractivity contribution < 1.29 is 4.79 Å². The maximum Gasteiger partial charge on any atom is 0.237 e. The van der Waals surface area contributed by atoms with Crippen molar-refractivity contribution in [2.24, 2.45) is 12.8 Å². The molecule has 1 amide bonds. The summed E-state index contributed by atoms with van der Waals surface area (Å²) in [6, 6.07) is -0.0442. The van der Waals surface area contributed by atoms with Crippen LogP contribution >= 0.6 is 0 Å². The number of nitrogens with two attached hydrogens (primary N) is 1. The lowest BCUT2D eigenvalue weighted by molar-refractivity contribution is -0.128. The van der Waals surface area contributed by atoms with Gasteiger partial charge >= 0.3 is 0 Å². The summed E-state index contributed by atoms with van der Waals surface area (Å²) in [6.07, 6.45) is 7.85. The zero-order valence-corrected chi connectivity index (χ0v) is 13.2. The van der Waals surface area contributed by atoms with Crippen molar-refractivity contribution in [3.05, 3.63) is 18.0 Å². The third-order valence-electron chi connectivity index (χ3n) is 4.39. The lowest BCUT2D eigenvalue weighted by atomic mass is 9.92. The van der Waals surface area contributed by atoms with Crippen molar-refractivity contribution in [2.75, 3.05) is 13.6 Å². The van der Waals surface area contributed by atoms with E-state index in [1.54, 1.807) is 11.7 Å². The molecule has 0 spiro atoms. The first-order valence-corrected chi connectivity index (χ1v) is 7.80. The number of rotatable bonds is 5. The SMILES string of the molecule is CCC(N)C(c1cnn(C)c1)N1CCCCC1C(=O)NC.